The number of carbonyl (C=O) groups excluding carboxylic acids is 3. The highest BCUT2D eigenvalue weighted by Crippen LogP contribution is 2.47. The molecule has 1 unspecified atom stereocenters. The number of nitrogens with zero attached hydrogens (tertiary/aromatic N) is 1. The maximum absolute atomic E-state index is 14.2. The van der Waals surface area contributed by atoms with Crippen LogP contribution in [0.5, 0.6) is 5.75 Å². The van der Waals surface area contributed by atoms with Crippen molar-refractivity contribution in [3.8, 4) is 5.75 Å². The zero-order valence-electron chi connectivity index (χ0n) is 29.9. The van der Waals surface area contributed by atoms with Gasteiger partial charge in [-0.05, 0) is 49.8 Å². The maximum atomic E-state index is 14.2. The molecule has 1 aliphatic heterocycles. The van der Waals surface area contributed by atoms with E-state index in [0.29, 0.717) is 35.7 Å². The van der Waals surface area contributed by atoms with Crippen LogP contribution < -0.4 is 25.6 Å². The number of ether oxygens (including phenoxy) is 2. The van der Waals surface area contributed by atoms with Crippen molar-refractivity contribution in [3.05, 3.63) is 78.4 Å². The summed E-state index contributed by atoms with van der Waals surface area (Å²) in [5, 5.41) is 8.47. The van der Waals surface area contributed by atoms with Gasteiger partial charge in [-0.15, -0.1) is 11.8 Å². The number of esters is 1. The topological polar surface area (TPSA) is 143 Å². The predicted molar refractivity (Wildman–Crippen MR) is 201 cm³/mol. The number of fused-ring (bicyclic) bond motifs is 1. The second-order valence-electron chi connectivity index (χ2n) is 12.6. The lowest BCUT2D eigenvalue weighted by atomic mass is 9.81. The number of hydrogen-bond acceptors (Lipinski definition) is 10. The Hall–Kier alpha value is -4.07. The van der Waals surface area contributed by atoms with Gasteiger partial charge in [-0.3, -0.25) is 14.4 Å². The van der Waals surface area contributed by atoms with Gasteiger partial charge in [0.15, 0.2) is 16.4 Å². The molecule has 2 atom stereocenters. The number of rotatable bonds is 18. The third-order valence-corrected chi connectivity index (χ3v) is 11.7. The molecule has 11 nitrogen and oxygen atoms in total. The monoisotopic (exact) mass is 738 g/mol. The van der Waals surface area contributed by atoms with Gasteiger partial charge in [-0.1, -0.05) is 75.2 Å². The molecular weight excluding hydrogens is 689 g/mol. The number of unbranched alkanes of at least 4 members (excludes halogenated alkanes) is 1. The average molecular weight is 739 g/mol. The van der Waals surface area contributed by atoms with E-state index in [0.717, 1.165) is 24.9 Å². The molecule has 0 saturated heterocycles. The van der Waals surface area contributed by atoms with Crippen molar-refractivity contribution in [3.63, 3.8) is 0 Å². The molecule has 3 aromatic rings. The molecule has 13 heteroatoms. The average Bonchev–Trinajstić information content (AvgIpc) is 3.23. The van der Waals surface area contributed by atoms with Gasteiger partial charge in [0, 0.05) is 36.8 Å². The summed E-state index contributed by atoms with van der Waals surface area (Å²) in [5.74, 6) is -1.09. The molecule has 51 heavy (non-hydrogen) atoms. The Morgan fingerprint density at radius 2 is 1.69 bits per heavy atom. The van der Waals surface area contributed by atoms with Crippen LogP contribution in [0.2, 0.25) is 0 Å². The van der Waals surface area contributed by atoms with Gasteiger partial charge in [0.05, 0.1) is 34.4 Å². The Labute approximate surface area is 306 Å². The largest absolute Gasteiger partial charge is 0.483 e. The van der Waals surface area contributed by atoms with Crippen LogP contribution in [-0.2, 0) is 29.0 Å². The van der Waals surface area contributed by atoms with Crippen molar-refractivity contribution in [2.45, 2.75) is 62.3 Å². The molecule has 1 aliphatic rings. The summed E-state index contributed by atoms with van der Waals surface area (Å²) in [6, 6.07) is 21.1. The number of benzene rings is 3. The minimum atomic E-state index is -3.76. The van der Waals surface area contributed by atoms with E-state index in [1.807, 2.05) is 48.7 Å². The number of sulfone groups is 1. The number of hydrogen-bond donors (Lipinski definition) is 3. The Morgan fingerprint density at radius 3 is 2.33 bits per heavy atom. The summed E-state index contributed by atoms with van der Waals surface area (Å²) >= 11 is 1.40. The normalized spacial score (nSPS) is 17.1. The predicted octanol–water partition coefficient (Wildman–Crippen LogP) is 5.43. The molecule has 1 heterocycles. The van der Waals surface area contributed by atoms with E-state index in [4.69, 9.17) is 9.47 Å². The third kappa shape index (κ3) is 10.7. The highest BCUT2D eigenvalue weighted by molar-refractivity contribution is 7.98. The summed E-state index contributed by atoms with van der Waals surface area (Å²) in [5.41, 5.74) is 1.62. The molecule has 276 valence electrons. The lowest BCUT2D eigenvalue weighted by Crippen LogP contribution is -2.44. The van der Waals surface area contributed by atoms with Crippen LogP contribution in [-0.4, -0.2) is 77.6 Å². The molecule has 4 rings (SSSR count). The van der Waals surface area contributed by atoms with E-state index in [2.05, 4.69) is 34.7 Å². The van der Waals surface area contributed by atoms with Gasteiger partial charge in [0.1, 0.15) is 11.8 Å². The van der Waals surface area contributed by atoms with E-state index >= 15 is 0 Å². The number of nitrogens with one attached hydrogen (secondary N) is 3. The van der Waals surface area contributed by atoms with Gasteiger partial charge in [0.25, 0.3) is 5.91 Å². The molecule has 0 fully saturated rings. The van der Waals surface area contributed by atoms with E-state index in [-0.39, 0.29) is 42.1 Å². The van der Waals surface area contributed by atoms with Crippen molar-refractivity contribution < 1.29 is 32.3 Å². The third-order valence-electron chi connectivity index (χ3n) is 8.97. The molecule has 0 bridgehead atoms. The van der Waals surface area contributed by atoms with Crippen LogP contribution in [0.25, 0.3) is 0 Å². The van der Waals surface area contributed by atoms with Crippen molar-refractivity contribution >= 4 is 50.8 Å². The Bertz CT molecular complexity index is 1720. The number of amides is 2. The SMILES string of the molecule is CCCCC1(CC)CN(c2ccccc2)c2cc(SC)c(OCC(=O)N[C@@H](C(=O)NCCNCC(=O)OCC)c3ccccc3)cc2S(=O)(=O)C1. The van der Waals surface area contributed by atoms with Crippen molar-refractivity contribution in [1.82, 2.24) is 16.0 Å². The first-order valence-corrected chi connectivity index (χ1v) is 20.3. The minimum Gasteiger partial charge on any atom is -0.483 e. The molecule has 2 amide bonds. The first-order chi connectivity index (χ1) is 24.6. The van der Waals surface area contributed by atoms with Gasteiger partial charge in [-0.2, -0.15) is 0 Å². The van der Waals surface area contributed by atoms with Crippen molar-refractivity contribution in [2.24, 2.45) is 5.41 Å². The summed E-state index contributed by atoms with van der Waals surface area (Å²) in [6.07, 6.45) is 5.27. The van der Waals surface area contributed by atoms with Crippen LogP contribution in [0.15, 0.2) is 82.6 Å². The van der Waals surface area contributed by atoms with Gasteiger partial charge in [-0.25, -0.2) is 8.42 Å². The van der Waals surface area contributed by atoms with Crippen LogP contribution in [0.4, 0.5) is 11.4 Å². The first kappa shape index (κ1) is 39.7. The fourth-order valence-electron chi connectivity index (χ4n) is 6.21. The first-order valence-electron chi connectivity index (χ1n) is 17.4. The lowest BCUT2D eigenvalue weighted by molar-refractivity contribution is -0.142. The van der Waals surface area contributed by atoms with Gasteiger partial charge >= 0.3 is 5.97 Å². The van der Waals surface area contributed by atoms with Crippen LogP contribution in [0.1, 0.15) is 58.1 Å². The Kier molecular flexibility index (Phi) is 14.8. The molecule has 0 spiro atoms. The number of thioether (sulfide) groups is 1. The summed E-state index contributed by atoms with van der Waals surface area (Å²) < 4.78 is 39.4. The fraction of sp³-hybridized carbons (Fsp3) is 0.447. The van der Waals surface area contributed by atoms with E-state index in [9.17, 15) is 22.8 Å². The molecule has 0 aliphatic carbocycles. The van der Waals surface area contributed by atoms with Crippen molar-refractivity contribution in [1.29, 1.82) is 0 Å². The van der Waals surface area contributed by atoms with E-state index in [1.54, 1.807) is 37.3 Å². The van der Waals surface area contributed by atoms with E-state index in [1.165, 1.54) is 11.8 Å². The molecule has 0 radical (unpaired) electrons. The molecular formula is C38H50N4O7S2. The highest BCUT2D eigenvalue weighted by atomic mass is 32.2. The molecule has 0 aromatic heterocycles. The van der Waals surface area contributed by atoms with Gasteiger partial charge < -0.3 is 30.3 Å². The minimum absolute atomic E-state index is 0.0115. The molecule has 0 saturated carbocycles. The Morgan fingerprint density at radius 1 is 0.980 bits per heavy atom. The lowest BCUT2D eigenvalue weighted by Gasteiger charge is -2.36. The number of carbonyl (C=O) groups is 3. The smallest absolute Gasteiger partial charge is 0.319 e. The molecule has 3 aromatic carbocycles. The number of anilines is 2. The zero-order valence-corrected chi connectivity index (χ0v) is 31.5. The van der Waals surface area contributed by atoms with Gasteiger partial charge in [0.2, 0.25) is 5.91 Å². The maximum Gasteiger partial charge on any atom is 0.319 e. The van der Waals surface area contributed by atoms with Crippen LogP contribution in [0, 0.1) is 5.41 Å². The second-order valence-corrected chi connectivity index (χ2v) is 15.4. The highest BCUT2D eigenvalue weighted by Gasteiger charge is 2.42. The number of para-hydroxylation sites is 1. The summed E-state index contributed by atoms with van der Waals surface area (Å²) in [7, 11) is -3.76. The summed E-state index contributed by atoms with van der Waals surface area (Å²) in [4.78, 5) is 41.1. The van der Waals surface area contributed by atoms with Crippen molar-refractivity contribution in [2.75, 3.05) is 56.3 Å². The Balaban J connectivity index is 1.55. The summed E-state index contributed by atoms with van der Waals surface area (Å²) in [6.45, 7) is 6.86. The van der Waals surface area contributed by atoms with Crippen LogP contribution in [0.3, 0.4) is 0 Å². The molecule has 3 N–H and O–H groups in total. The quantitative estimate of drug-likeness (QED) is 0.0879. The van der Waals surface area contributed by atoms with E-state index < -0.39 is 39.7 Å². The van der Waals surface area contributed by atoms with Crippen LogP contribution >= 0.6 is 11.8 Å². The zero-order chi connectivity index (χ0) is 36.9. The second kappa shape index (κ2) is 19.0. The fourth-order valence-corrected chi connectivity index (χ4v) is 8.94. The standard InChI is InChI=1S/C38H50N4O7S2/c1-5-8-19-38(6-2)26-42(29-17-13-10-14-18-29)30-22-32(50-4)31(23-33(30)51(46,47)27-38)49-25-34(43)41-36(28-15-11-9-12-16-28)37(45)40-21-20-39-24-35(44)48-7-3/h9-18,22-23,36,39H,5-8,19-21,24-27H2,1-4H3,(H,40,45)(H,41,43)/t36-,38?/m1/s1.